The van der Waals surface area contributed by atoms with Crippen molar-refractivity contribution in [1.82, 2.24) is 4.31 Å². The smallest absolute Gasteiger partial charge is 0.248 e. The summed E-state index contributed by atoms with van der Waals surface area (Å²) in [5, 5.41) is 3.03. The number of sulfonamides is 1. The number of anilines is 1. The molecule has 0 aliphatic rings. The number of nitrogens with one attached hydrogen (secondary N) is 1. The highest BCUT2D eigenvalue weighted by molar-refractivity contribution is 9.10. The maximum atomic E-state index is 13.3. The summed E-state index contributed by atoms with van der Waals surface area (Å²) >= 11 is 9.51. The van der Waals surface area contributed by atoms with Crippen molar-refractivity contribution in [2.75, 3.05) is 11.9 Å². The number of hydrogen-bond acceptors (Lipinski definition) is 4. The molecule has 0 radical (unpaired) electrons. The van der Waals surface area contributed by atoms with Crippen molar-refractivity contribution in [3.8, 4) is 0 Å². The number of rotatable bonds is 8. The molecule has 0 bridgehead atoms. The van der Waals surface area contributed by atoms with Crippen LogP contribution in [0.15, 0.2) is 82.2 Å². The van der Waals surface area contributed by atoms with Crippen molar-refractivity contribution in [2.24, 2.45) is 5.73 Å². The van der Waals surface area contributed by atoms with Gasteiger partial charge in [0.05, 0.1) is 11.4 Å². The van der Waals surface area contributed by atoms with Crippen LogP contribution in [-0.2, 0) is 21.4 Å². The number of hydrogen-bond donors (Lipinski definition) is 2. The average Bonchev–Trinajstić information content (AvgIpc) is 2.75. The van der Waals surface area contributed by atoms with Crippen LogP contribution in [0.2, 0.25) is 5.02 Å². The number of nitrogens with zero attached hydrogens (tertiary/aromatic N) is 1. The molecule has 0 saturated carbocycles. The van der Waals surface area contributed by atoms with Gasteiger partial charge in [-0.3, -0.25) is 9.59 Å². The third kappa shape index (κ3) is 5.95. The summed E-state index contributed by atoms with van der Waals surface area (Å²) in [5.41, 5.74) is 6.47. The van der Waals surface area contributed by atoms with Gasteiger partial charge in [-0.15, -0.1) is 0 Å². The molecule has 32 heavy (non-hydrogen) atoms. The van der Waals surface area contributed by atoms with Crippen LogP contribution >= 0.6 is 27.5 Å². The van der Waals surface area contributed by atoms with Crippen LogP contribution in [0, 0.1) is 0 Å². The van der Waals surface area contributed by atoms with Gasteiger partial charge in [-0.1, -0.05) is 45.7 Å². The monoisotopic (exact) mass is 535 g/mol. The Bertz CT molecular complexity index is 1230. The van der Waals surface area contributed by atoms with Crippen LogP contribution in [0.3, 0.4) is 0 Å². The van der Waals surface area contributed by atoms with Crippen molar-refractivity contribution in [3.63, 3.8) is 0 Å². The van der Waals surface area contributed by atoms with E-state index in [1.165, 1.54) is 36.4 Å². The number of primary amides is 1. The lowest BCUT2D eigenvalue weighted by Gasteiger charge is -2.22. The highest BCUT2D eigenvalue weighted by Gasteiger charge is 2.27. The van der Waals surface area contributed by atoms with Gasteiger partial charge in [0.15, 0.2) is 0 Å². The zero-order valence-electron chi connectivity index (χ0n) is 16.7. The highest BCUT2D eigenvalue weighted by atomic mass is 79.9. The SMILES string of the molecule is NC(=O)c1ccc(NC(=O)CN(Cc2ccccc2Cl)S(=O)(=O)c2ccc(Br)cc2)cc1. The maximum absolute atomic E-state index is 13.3. The van der Waals surface area contributed by atoms with E-state index in [-0.39, 0.29) is 11.4 Å². The molecule has 10 heteroatoms. The number of amides is 2. The summed E-state index contributed by atoms with van der Waals surface area (Å²) in [7, 11) is -4.01. The summed E-state index contributed by atoms with van der Waals surface area (Å²) in [6.07, 6.45) is 0. The standard InChI is InChI=1S/C22H19BrClN3O4S/c23-17-7-11-19(12-8-17)32(30,31)27(13-16-3-1-2-4-20(16)24)14-21(28)26-18-9-5-15(6-10-18)22(25)29/h1-12H,13-14H2,(H2,25,29)(H,26,28). The van der Waals surface area contributed by atoms with Crippen molar-refractivity contribution >= 4 is 55.1 Å². The number of benzene rings is 3. The molecule has 0 saturated heterocycles. The highest BCUT2D eigenvalue weighted by Crippen LogP contribution is 2.24. The fourth-order valence-corrected chi connectivity index (χ4v) is 4.71. The van der Waals surface area contributed by atoms with E-state index in [0.717, 1.165) is 8.78 Å². The average molecular weight is 537 g/mol. The molecule has 0 atom stereocenters. The minimum atomic E-state index is -4.01. The molecule has 7 nitrogen and oxygen atoms in total. The molecule has 0 aliphatic carbocycles. The molecule has 2 amide bonds. The summed E-state index contributed by atoms with van der Waals surface area (Å²) < 4.78 is 28.4. The van der Waals surface area contributed by atoms with E-state index in [9.17, 15) is 18.0 Å². The predicted octanol–water partition coefficient (Wildman–Crippen LogP) is 4.03. The van der Waals surface area contributed by atoms with Gasteiger partial charge in [-0.05, 0) is 60.2 Å². The normalized spacial score (nSPS) is 11.3. The quantitative estimate of drug-likeness (QED) is 0.453. The minimum Gasteiger partial charge on any atom is -0.366 e. The molecule has 0 fully saturated rings. The van der Waals surface area contributed by atoms with Crippen LogP contribution < -0.4 is 11.1 Å². The number of carbonyl (C=O) groups excluding carboxylic acids is 2. The van der Waals surface area contributed by atoms with Gasteiger partial charge < -0.3 is 11.1 Å². The van der Waals surface area contributed by atoms with Gasteiger partial charge in [0.25, 0.3) is 0 Å². The van der Waals surface area contributed by atoms with E-state index in [2.05, 4.69) is 21.2 Å². The van der Waals surface area contributed by atoms with Crippen molar-refractivity contribution in [3.05, 3.63) is 93.4 Å². The minimum absolute atomic E-state index is 0.0476. The van der Waals surface area contributed by atoms with Gasteiger partial charge in [0.2, 0.25) is 21.8 Å². The van der Waals surface area contributed by atoms with E-state index < -0.39 is 28.4 Å². The zero-order chi connectivity index (χ0) is 23.3. The Morgan fingerprint density at radius 3 is 2.19 bits per heavy atom. The van der Waals surface area contributed by atoms with Crippen LogP contribution in [-0.4, -0.2) is 31.1 Å². The second kappa shape index (κ2) is 10.3. The second-order valence-electron chi connectivity index (χ2n) is 6.81. The molecule has 166 valence electrons. The zero-order valence-corrected chi connectivity index (χ0v) is 19.8. The van der Waals surface area contributed by atoms with E-state index in [1.807, 2.05) is 0 Å². The Kier molecular flexibility index (Phi) is 7.68. The van der Waals surface area contributed by atoms with Crippen molar-refractivity contribution in [1.29, 1.82) is 0 Å². The van der Waals surface area contributed by atoms with Gasteiger partial charge >= 0.3 is 0 Å². The van der Waals surface area contributed by atoms with Crippen molar-refractivity contribution < 1.29 is 18.0 Å². The summed E-state index contributed by atoms with van der Waals surface area (Å²) in [6.45, 7) is -0.534. The van der Waals surface area contributed by atoms with Crippen molar-refractivity contribution in [2.45, 2.75) is 11.4 Å². The Morgan fingerprint density at radius 1 is 0.969 bits per heavy atom. The van der Waals surface area contributed by atoms with Gasteiger partial charge in [-0.25, -0.2) is 8.42 Å². The van der Waals surface area contributed by atoms with E-state index in [4.69, 9.17) is 17.3 Å². The first-order valence-electron chi connectivity index (χ1n) is 9.35. The Balaban J connectivity index is 1.86. The molecule has 3 aromatic carbocycles. The third-order valence-corrected chi connectivity index (χ3v) is 7.23. The number of halogens is 2. The first-order valence-corrected chi connectivity index (χ1v) is 12.0. The molecule has 0 unspecified atom stereocenters. The maximum Gasteiger partial charge on any atom is 0.248 e. The molecule has 0 aromatic heterocycles. The topological polar surface area (TPSA) is 110 Å². The van der Waals surface area contributed by atoms with E-state index in [1.54, 1.807) is 36.4 Å². The molecule has 3 aromatic rings. The third-order valence-electron chi connectivity index (χ3n) is 4.53. The summed E-state index contributed by atoms with van der Waals surface area (Å²) in [4.78, 5) is 23.9. The fourth-order valence-electron chi connectivity index (χ4n) is 2.88. The number of carbonyl (C=O) groups is 2. The first kappa shape index (κ1) is 23.9. The molecule has 0 aliphatic heterocycles. The largest absolute Gasteiger partial charge is 0.366 e. The lowest BCUT2D eigenvalue weighted by Crippen LogP contribution is -2.37. The van der Waals surface area contributed by atoms with Crippen LogP contribution in [0.5, 0.6) is 0 Å². The summed E-state index contributed by atoms with van der Waals surface area (Å²) in [6, 6.07) is 18.9. The molecular formula is C22H19BrClN3O4S. The lowest BCUT2D eigenvalue weighted by atomic mass is 10.2. The van der Waals surface area contributed by atoms with Crippen LogP contribution in [0.4, 0.5) is 5.69 Å². The Morgan fingerprint density at radius 2 is 1.59 bits per heavy atom. The molecule has 0 heterocycles. The Labute approximate surface area is 199 Å². The molecule has 3 N–H and O–H groups in total. The molecule has 3 rings (SSSR count). The fraction of sp³-hybridized carbons (Fsp3) is 0.0909. The van der Waals surface area contributed by atoms with Gasteiger partial charge in [0, 0.05) is 27.3 Å². The lowest BCUT2D eigenvalue weighted by molar-refractivity contribution is -0.116. The second-order valence-corrected chi connectivity index (χ2v) is 10.1. The van der Waals surface area contributed by atoms with Gasteiger partial charge in [-0.2, -0.15) is 4.31 Å². The van der Waals surface area contributed by atoms with Crippen LogP contribution in [0.1, 0.15) is 15.9 Å². The van der Waals surface area contributed by atoms with Gasteiger partial charge in [0.1, 0.15) is 0 Å². The summed E-state index contributed by atoms with van der Waals surface area (Å²) in [5.74, 6) is -1.14. The van der Waals surface area contributed by atoms with Crippen LogP contribution in [0.25, 0.3) is 0 Å². The molecule has 0 spiro atoms. The first-order chi connectivity index (χ1) is 15.2. The number of nitrogens with two attached hydrogens (primary N) is 1. The van der Waals surface area contributed by atoms with E-state index in [0.29, 0.717) is 21.8 Å². The Hall–Kier alpha value is -2.72. The van der Waals surface area contributed by atoms with E-state index >= 15 is 0 Å². The predicted molar refractivity (Wildman–Crippen MR) is 127 cm³/mol. The molecular weight excluding hydrogens is 518 g/mol.